The number of alkyl halides is 6. The molecule has 0 aliphatic carbocycles. The predicted molar refractivity (Wildman–Crippen MR) is 297 cm³/mol. The normalized spacial score (nSPS) is 12.4. The summed E-state index contributed by atoms with van der Waals surface area (Å²) in [6.45, 7) is 14.7. The van der Waals surface area contributed by atoms with Crippen LogP contribution in [0.5, 0.6) is 0 Å². The monoisotopic (exact) mass is 1310 g/mol. The quantitative estimate of drug-likeness (QED) is 0.0345. The standard InChI is InChI=1S/C22H21F4N5O.C18H18F4IN3O.C4H3N2.3C4H9.Sn.H/c1-3-31(14(2)8-9-18-29-12-15(13-30-18)22(24,25)26)21(32)19-16(6-4-7-17(19)23)20-27-10-5-11-28-20;1-3-26(17(27)16-13(19)5-4-6-14(16)23)11(2)7-8-15-24-9-12(10-25-15)18(20,21)22;1-2-5-4-6-3-1;3*1-3-4-2;;/h4-7,10-14H,3,8-9H2,1-2H3;4-6,9-11H,3,7-8H2,1-2H3;1-3H;3*1,3-4H2,2H3;;/q;;;;;;;-1/t14-;11-;;;;;;/m00....../s1/i;;;;;;;1+1. The van der Waals surface area contributed by atoms with Gasteiger partial charge < -0.3 is 11.2 Å². The van der Waals surface area contributed by atoms with E-state index in [4.69, 9.17) is 9.97 Å². The number of nitrogens with zero attached hydrogens (tertiary/aromatic N) is 10. The summed E-state index contributed by atoms with van der Waals surface area (Å²) in [6.07, 6.45) is 10.4. The Labute approximate surface area is 471 Å². The second kappa shape index (κ2) is 32.1. The summed E-state index contributed by atoms with van der Waals surface area (Å²) < 4.78 is 111. The zero-order valence-corrected chi connectivity index (χ0v) is 50.2. The molecule has 0 bridgehead atoms. The van der Waals surface area contributed by atoms with Gasteiger partial charge in [0.25, 0.3) is 11.8 Å². The molecule has 0 aliphatic rings. The van der Waals surface area contributed by atoms with E-state index in [9.17, 15) is 44.7 Å². The van der Waals surface area contributed by atoms with Gasteiger partial charge in [0, 0.05) is 84.3 Å². The van der Waals surface area contributed by atoms with Gasteiger partial charge in [-0.05, 0) is 87.4 Å². The molecule has 0 fully saturated rings. The molecule has 6 rings (SSSR count). The van der Waals surface area contributed by atoms with Crippen LogP contribution in [0.1, 0.15) is 145 Å². The molecule has 4 aromatic heterocycles. The molecule has 424 valence electrons. The Morgan fingerprint density at radius 1 is 0.564 bits per heavy atom. The first-order chi connectivity index (χ1) is 37.2. The number of carbonyl (C=O) groups excluding carboxylic acids is 2. The Morgan fingerprint density at radius 3 is 1.33 bits per heavy atom. The molecule has 0 aliphatic heterocycles. The topological polar surface area (TPSA) is 144 Å². The van der Waals surface area contributed by atoms with Gasteiger partial charge in [0.15, 0.2) is 5.82 Å². The van der Waals surface area contributed by atoms with Crippen LogP contribution in [0.15, 0.2) is 98.1 Å². The molecular weight excluding hydrogens is 1240 g/mol. The minimum atomic E-state index is -4.50. The van der Waals surface area contributed by atoms with E-state index in [0.29, 0.717) is 35.9 Å². The van der Waals surface area contributed by atoms with Gasteiger partial charge in [0.2, 0.25) is 0 Å². The number of benzene rings is 2. The average molecular weight is 1310 g/mol. The zero-order chi connectivity index (χ0) is 57.5. The smallest absolute Gasteiger partial charge is 0.419 e. The van der Waals surface area contributed by atoms with Gasteiger partial charge in [-0.3, -0.25) is 9.59 Å². The number of aryl methyl sites for hydroxylation is 2. The minimum Gasteiger partial charge on any atom is -1.00 e. The summed E-state index contributed by atoms with van der Waals surface area (Å²) in [4.78, 5) is 61.7. The molecule has 0 unspecified atom stereocenters. The van der Waals surface area contributed by atoms with Crippen molar-refractivity contribution in [3.05, 3.63) is 147 Å². The van der Waals surface area contributed by atoms with E-state index < -0.39 is 65.3 Å². The van der Waals surface area contributed by atoms with Gasteiger partial charge in [0.1, 0.15) is 23.3 Å². The van der Waals surface area contributed by atoms with Crippen LogP contribution in [0.2, 0.25) is 13.3 Å². The minimum absolute atomic E-state index is 0. The number of hydrogen-bond acceptors (Lipinski definition) is 10. The molecule has 22 heteroatoms. The van der Waals surface area contributed by atoms with Crippen LogP contribution in [-0.4, -0.2) is 105 Å². The molecular formula is C56H70F8IN10O2Sn-. The summed E-state index contributed by atoms with van der Waals surface area (Å²) in [7, 11) is 0. The molecule has 2 aromatic carbocycles. The Kier molecular flexibility index (Phi) is 26.8. The number of hydrogen-bond donors (Lipinski definition) is 0. The number of rotatable bonds is 23. The van der Waals surface area contributed by atoms with Gasteiger partial charge in [-0.1, -0.05) is 18.2 Å². The molecule has 0 saturated carbocycles. The second-order valence-electron chi connectivity index (χ2n) is 18.7. The van der Waals surface area contributed by atoms with E-state index in [-0.39, 0.29) is 54.1 Å². The van der Waals surface area contributed by atoms with Crippen molar-refractivity contribution < 1.29 is 46.1 Å². The van der Waals surface area contributed by atoms with E-state index in [0.717, 1.165) is 24.8 Å². The summed E-state index contributed by atoms with van der Waals surface area (Å²) in [5, 5.41) is 0. The Balaban J connectivity index is 0.000000320. The van der Waals surface area contributed by atoms with Crippen molar-refractivity contribution in [2.24, 2.45) is 0 Å². The van der Waals surface area contributed by atoms with E-state index in [1.807, 2.05) is 41.1 Å². The van der Waals surface area contributed by atoms with Crippen LogP contribution < -0.4 is 3.84 Å². The fraction of sp³-hybridized carbons (Fsp3) is 0.464. The fourth-order valence-corrected chi connectivity index (χ4v) is 24.3. The molecule has 78 heavy (non-hydrogen) atoms. The number of aromatic nitrogens is 8. The van der Waals surface area contributed by atoms with Crippen molar-refractivity contribution in [1.82, 2.24) is 49.7 Å². The van der Waals surface area contributed by atoms with E-state index in [1.165, 1.54) is 102 Å². The van der Waals surface area contributed by atoms with E-state index in [2.05, 4.69) is 50.7 Å². The predicted octanol–water partition coefficient (Wildman–Crippen LogP) is 13.9. The summed E-state index contributed by atoms with van der Waals surface area (Å²) in [6, 6.07) is 11.7. The van der Waals surface area contributed by atoms with Crippen molar-refractivity contribution in [2.75, 3.05) is 13.1 Å². The van der Waals surface area contributed by atoms with Crippen molar-refractivity contribution >= 4 is 56.6 Å². The second-order valence-corrected chi connectivity index (χ2v) is 32.8. The van der Waals surface area contributed by atoms with E-state index >= 15 is 0 Å². The number of halogens is 9. The van der Waals surface area contributed by atoms with Crippen LogP contribution in [0, 0.1) is 15.2 Å². The van der Waals surface area contributed by atoms with Crippen molar-refractivity contribution in [1.29, 1.82) is 0 Å². The maximum absolute atomic E-state index is 14.7. The fourth-order valence-electron chi connectivity index (χ4n) is 8.74. The first-order valence-corrected chi connectivity index (χ1v) is 34.9. The van der Waals surface area contributed by atoms with Gasteiger partial charge in [-0.15, -0.1) is 0 Å². The van der Waals surface area contributed by atoms with Crippen LogP contribution in [0.25, 0.3) is 11.4 Å². The Morgan fingerprint density at radius 2 is 0.949 bits per heavy atom. The molecule has 2 atom stereocenters. The first-order valence-electron chi connectivity index (χ1n) is 26.3. The zero-order valence-electron chi connectivity index (χ0n) is 46.2. The molecule has 0 spiro atoms. The first kappa shape index (κ1) is 65.2. The summed E-state index contributed by atoms with van der Waals surface area (Å²) >= 11 is -0.403. The Bertz CT molecular complexity index is 2710. The van der Waals surface area contributed by atoms with Crippen LogP contribution in [-0.2, 0) is 25.2 Å². The Hall–Kier alpha value is -5.33. The molecule has 0 N–H and O–H groups in total. The number of amides is 2. The maximum atomic E-state index is 14.7. The molecule has 4 heterocycles. The largest absolute Gasteiger partial charge is 1.00 e. The van der Waals surface area contributed by atoms with Crippen LogP contribution in [0.3, 0.4) is 0 Å². The molecule has 0 saturated heterocycles. The third-order valence-electron chi connectivity index (χ3n) is 13.2. The van der Waals surface area contributed by atoms with E-state index in [1.54, 1.807) is 45.9 Å². The third kappa shape index (κ3) is 19.2. The van der Waals surface area contributed by atoms with Crippen molar-refractivity contribution in [3.8, 4) is 11.4 Å². The van der Waals surface area contributed by atoms with Crippen molar-refractivity contribution in [2.45, 2.75) is 150 Å². The number of carbonyl (C=O) groups is 2. The van der Waals surface area contributed by atoms with Gasteiger partial charge >= 0.3 is 136 Å². The molecule has 2 amide bonds. The van der Waals surface area contributed by atoms with Crippen molar-refractivity contribution in [3.63, 3.8) is 0 Å². The van der Waals surface area contributed by atoms with Crippen LogP contribution in [0.4, 0.5) is 35.1 Å². The number of unbranched alkanes of at least 4 members (excludes halogenated alkanes) is 3. The molecule has 0 radical (unpaired) electrons. The van der Waals surface area contributed by atoms with Gasteiger partial charge in [-0.2, -0.15) is 26.3 Å². The molecule has 12 nitrogen and oxygen atoms in total. The molecule has 6 aromatic rings. The third-order valence-corrected chi connectivity index (χ3v) is 28.7. The van der Waals surface area contributed by atoms with Gasteiger partial charge in [-0.25, -0.2) is 38.7 Å². The summed E-state index contributed by atoms with van der Waals surface area (Å²) in [5.41, 5.74) is -1.64. The average Bonchev–Trinajstić information content (AvgIpc) is 3.45. The summed E-state index contributed by atoms with van der Waals surface area (Å²) in [5.74, 6) is -1.47. The maximum Gasteiger partial charge on any atom is 0.419 e. The van der Waals surface area contributed by atoms with Crippen LogP contribution >= 0.6 is 22.6 Å². The SMILES string of the molecule is CCC[CH2][Sn]([CH2]CCC)([CH2]CCC)[c]1ncccn1.CCN(C(=O)c1c(F)cccc1-c1ncccn1)[C@@H](C)CCc1ncc(C(F)(F)F)cn1.CCN(C(=O)c1c(F)cccc1I)[C@@H](C)CCc1ncc(C(F)(F)F)cn1.[2H-]. The van der Waals surface area contributed by atoms with Gasteiger partial charge in [0.05, 0.1) is 22.3 Å².